The summed E-state index contributed by atoms with van der Waals surface area (Å²) >= 11 is 0. The summed E-state index contributed by atoms with van der Waals surface area (Å²) in [6, 6.07) is 13.9. The number of aliphatic carboxylic acids is 1. The zero-order chi connectivity index (χ0) is 14.1. The van der Waals surface area contributed by atoms with Gasteiger partial charge in [-0.25, -0.2) is 0 Å². The predicted octanol–water partition coefficient (Wildman–Crippen LogP) is 4.04. The molecule has 20 heavy (non-hydrogen) atoms. The second kappa shape index (κ2) is 4.85. The van der Waals surface area contributed by atoms with Crippen LogP contribution in [0.1, 0.15) is 11.1 Å². The van der Waals surface area contributed by atoms with E-state index in [1.54, 1.807) is 6.26 Å². The first-order chi connectivity index (χ1) is 9.65. The molecule has 100 valence electrons. The van der Waals surface area contributed by atoms with Crippen LogP contribution in [0, 0.1) is 6.92 Å². The Balaban J connectivity index is 2.22. The average Bonchev–Trinajstić information content (AvgIpc) is 2.82. The lowest BCUT2D eigenvalue weighted by Gasteiger charge is -2.03. The Labute approximate surface area is 116 Å². The summed E-state index contributed by atoms with van der Waals surface area (Å²) in [5.41, 5.74) is 4.48. The minimum atomic E-state index is -0.852. The molecule has 1 aromatic heterocycles. The number of fused-ring (bicyclic) bond motifs is 1. The van der Waals surface area contributed by atoms with Crippen LogP contribution >= 0.6 is 0 Å². The van der Waals surface area contributed by atoms with Gasteiger partial charge < -0.3 is 9.52 Å². The van der Waals surface area contributed by atoms with Gasteiger partial charge in [0.2, 0.25) is 0 Å². The lowest BCUT2D eigenvalue weighted by molar-refractivity contribution is -0.136. The lowest BCUT2D eigenvalue weighted by Crippen LogP contribution is -2.00. The molecule has 0 amide bonds. The first kappa shape index (κ1) is 12.5. The lowest BCUT2D eigenvalue weighted by atomic mass is 10.00. The quantitative estimate of drug-likeness (QED) is 0.778. The minimum absolute atomic E-state index is 0.0279. The van der Waals surface area contributed by atoms with Gasteiger partial charge in [-0.3, -0.25) is 4.79 Å². The Bertz CT molecular complexity index is 770. The number of benzene rings is 2. The zero-order valence-electron chi connectivity index (χ0n) is 11.1. The second-order valence-corrected chi connectivity index (χ2v) is 4.89. The average molecular weight is 266 g/mol. The molecule has 0 aliphatic carbocycles. The summed E-state index contributed by atoms with van der Waals surface area (Å²) in [7, 11) is 0. The van der Waals surface area contributed by atoms with Crippen molar-refractivity contribution in [3.8, 4) is 11.1 Å². The number of hydrogen-bond donors (Lipinski definition) is 1. The van der Waals surface area contributed by atoms with Crippen LogP contribution in [-0.2, 0) is 11.2 Å². The van der Waals surface area contributed by atoms with Gasteiger partial charge in [-0.2, -0.15) is 0 Å². The molecule has 0 aliphatic heterocycles. The molecule has 3 nitrogen and oxygen atoms in total. The molecule has 3 aromatic rings. The summed E-state index contributed by atoms with van der Waals surface area (Å²) in [6.07, 6.45) is 1.67. The van der Waals surface area contributed by atoms with Crippen molar-refractivity contribution in [2.75, 3.05) is 0 Å². The molecule has 0 spiro atoms. The number of aryl methyl sites for hydroxylation is 1. The van der Waals surface area contributed by atoms with E-state index in [0.29, 0.717) is 5.58 Å². The number of carboxylic acid groups (broad SMARTS) is 1. The standard InChI is InChI=1S/C17H14O3/c1-11-7-13(9-16(18)19)17-14(8-11)15(10-20-17)12-5-3-2-4-6-12/h2-8,10H,9H2,1H3,(H,18,19). The molecule has 0 atom stereocenters. The van der Waals surface area contributed by atoms with Gasteiger partial charge in [0.1, 0.15) is 5.58 Å². The van der Waals surface area contributed by atoms with Gasteiger partial charge in [0.25, 0.3) is 0 Å². The maximum atomic E-state index is 11.0. The minimum Gasteiger partial charge on any atom is -0.481 e. The molecular formula is C17H14O3. The monoisotopic (exact) mass is 266 g/mol. The molecule has 0 bridgehead atoms. The Kier molecular flexibility index (Phi) is 3.03. The summed E-state index contributed by atoms with van der Waals surface area (Å²) in [5.74, 6) is -0.852. The largest absolute Gasteiger partial charge is 0.481 e. The van der Waals surface area contributed by atoms with Crippen LogP contribution in [0.5, 0.6) is 0 Å². The van der Waals surface area contributed by atoms with Crippen LogP contribution in [0.15, 0.2) is 53.1 Å². The van der Waals surface area contributed by atoms with E-state index in [0.717, 1.165) is 27.6 Å². The third-order valence-corrected chi connectivity index (χ3v) is 3.32. The van der Waals surface area contributed by atoms with E-state index in [9.17, 15) is 4.79 Å². The van der Waals surface area contributed by atoms with Crippen LogP contribution < -0.4 is 0 Å². The van der Waals surface area contributed by atoms with Gasteiger partial charge >= 0.3 is 5.97 Å². The molecule has 0 radical (unpaired) electrons. The number of furan rings is 1. The van der Waals surface area contributed by atoms with E-state index in [4.69, 9.17) is 9.52 Å². The smallest absolute Gasteiger partial charge is 0.307 e. The molecule has 0 unspecified atom stereocenters. The molecule has 0 saturated heterocycles. The maximum absolute atomic E-state index is 11.0. The molecule has 0 aliphatic rings. The van der Waals surface area contributed by atoms with Gasteiger partial charge in [0, 0.05) is 16.5 Å². The van der Waals surface area contributed by atoms with Crippen molar-refractivity contribution in [3.05, 3.63) is 59.9 Å². The van der Waals surface area contributed by atoms with Crippen molar-refractivity contribution in [1.82, 2.24) is 0 Å². The highest BCUT2D eigenvalue weighted by Crippen LogP contribution is 2.33. The van der Waals surface area contributed by atoms with Gasteiger partial charge in [0.05, 0.1) is 12.7 Å². The summed E-state index contributed by atoms with van der Waals surface area (Å²) in [6.45, 7) is 1.96. The summed E-state index contributed by atoms with van der Waals surface area (Å²) < 4.78 is 5.63. The van der Waals surface area contributed by atoms with E-state index >= 15 is 0 Å². The molecule has 0 saturated carbocycles. The molecule has 3 rings (SSSR count). The molecule has 1 N–H and O–H groups in total. The number of rotatable bonds is 3. The molecule has 0 fully saturated rings. The van der Waals surface area contributed by atoms with Gasteiger partial charge in [-0.15, -0.1) is 0 Å². The maximum Gasteiger partial charge on any atom is 0.307 e. The fourth-order valence-corrected chi connectivity index (χ4v) is 2.50. The fourth-order valence-electron chi connectivity index (χ4n) is 2.50. The van der Waals surface area contributed by atoms with Crippen molar-refractivity contribution in [2.45, 2.75) is 13.3 Å². The van der Waals surface area contributed by atoms with Crippen molar-refractivity contribution < 1.29 is 14.3 Å². The number of carbonyl (C=O) groups is 1. The highest BCUT2D eigenvalue weighted by Gasteiger charge is 2.14. The Hall–Kier alpha value is -2.55. The number of carboxylic acids is 1. The SMILES string of the molecule is Cc1cc(CC(=O)O)c2occ(-c3ccccc3)c2c1. The normalized spacial score (nSPS) is 10.8. The second-order valence-electron chi connectivity index (χ2n) is 4.89. The number of hydrogen-bond acceptors (Lipinski definition) is 2. The first-order valence-electron chi connectivity index (χ1n) is 6.43. The van der Waals surface area contributed by atoms with E-state index < -0.39 is 5.97 Å². The topological polar surface area (TPSA) is 50.4 Å². The summed E-state index contributed by atoms with van der Waals surface area (Å²) in [4.78, 5) is 11.0. The molecular weight excluding hydrogens is 252 g/mol. The third kappa shape index (κ3) is 2.18. The molecule has 1 heterocycles. The van der Waals surface area contributed by atoms with Crippen LogP contribution in [-0.4, -0.2) is 11.1 Å². The molecule has 2 aromatic carbocycles. The highest BCUT2D eigenvalue weighted by molar-refractivity contribution is 5.97. The van der Waals surface area contributed by atoms with Crippen LogP contribution in [0.2, 0.25) is 0 Å². The fraction of sp³-hybridized carbons (Fsp3) is 0.118. The Morgan fingerprint density at radius 2 is 1.95 bits per heavy atom. The van der Waals surface area contributed by atoms with Gasteiger partial charge in [0.15, 0.2) is 0 Å². The molecule has 3 heteroatoms. The predicted molar refractivity (Wildman–Crippen MR) is 77.7 cm³/mol. The Morgan fingerprint density at radius 3 is 2.65 bits per heavy atom. The van der Waals surface area contributed by atoms with E-state index in [2.05, 4.69) is 0 Å². The van der Waals surface area contributed by atoms with Crippen molar-refractivity contribution in [3.63, 3.8) is 0 Å². The Morgan fingerprint density at radius 1 is 1.20 bits per heavy atom. The highest BCUT2D eigenvalue weighted by atomic mass is 16.4. The van der Waals surface area contributed by atoms with Gasteiger partial charge in [-0.1, -0.05) is 36.4 Å². The van der Waals surface area contributed by atoms with Gasteiger partial charge in [-0.05, 0) is 24.1 Å². The van der Waals surface area contributed by atoms with Crippen molar-refractivity contribution in [2.24, 2.45) is 0 Å². The van der Waals surface area contributed by atoms with Crippen LogP contribution in [0.4, 0.5) is 0 Å². The summed E-state index contributed by atoms with van der Waals surface area (Å²) in [5, 5.41) is 9.96. The van der Waals surface area contributed by atoms with Crippen molar-refractivity contribution >= 4 is 16.9 Å². The first-order valence-corrected chi connectivity index (χ1v) is 6.43. The zero-order valence-corrected chi connectivity index (χ0v) is 11.1. The van der Waals surface area contributed by atoms with E-state index in [1.807, 2.05) is 49.4 Å². The van der Waals surface area contributed by atoms with E-state index in [1.165, 1.54) is 0 Å². The van der Waals surface area contributed by atoms with Crippen LogP contribution in [0.3, 0.4) is 0 Å². The third-order valence-electron chi connectivity index (χ3n) is 3.32. The van der Waals surface area contributed by atoms with E-state index in [-0.39, 0.29) is 6.42 Å². The van der Waals surface area contributed by atoms with Crippen molar-refractivity contribution in [1.29, 1.82) is 0 Å². The van der Waals surface area contributed by atoms with Crippen LogP contribution in [0.25, 0.3) is 22.1 Å².